The number of pyridine rings is 1. The molecule has 1 aromatic carbocycles. The van der Waals surface area contributed by atoms with Gasteiger partial charge in [-0.1, -0.05) is 18.2 Å². The smallest absolute Gasteiger partial charge is 0.410 e. The zero-order chi connectivity index (χ0) is 25.3. The van der Waals surface area contributed by atoms with Gasteiger partial charge < -0.3 is 20.3 Å². The number of nitrogens with zero attached hydrogens (tertiary/aromatic N) is 2. The van der Waals surface area contributed by atoms with Crippen molar-refractivity contribution in [2.75, 3.05) is 18.4 Å². The predicted octanol–water partition coefficient (Wildman–Crippen LogP) is 4.95. The van der Waals surface area contributed by atoms with Crippen LogP contribution in [0.5, 0.6) is 0 Å². The summed E-state index contributed by atoms with van der Waals surface area (Å²) in [6, 6.07) is 12.3. The molecule has 8 nitrogen and oxygen atoms in total. The van der Waals surface area contributed by atoms with E-state index in [1.807, 2.05) is 38.3 Å². The third-order valence-corrected chi connectivity index (χ3v) is 5.52. The van der Waals surface area contributed by atoms with E-state index in [0.29, 0.717) is 42.9 Å². The van der Waals surface area contributed by atoms with Crippen molar-refractivity contribution >= 4 is 34.9 Å². The fraction of sp³-hybridized carbons (Fsp3) is 0.308. The number of hydrogen-bond acceptors (Lipinski definition) is 6. The van der Waals surface area contributed by atoms with Crippen molar-refractivity contribution in [3.05, 3.63) is 82.3 Å². The highest BCUT2D eigenvalue weighted by molar-refractivity contribution is 7.08. The number of carbonyl (C=O) groups is 3. The molecule has 0 aliphatic rings. The lowest BCUT2D eigenvalue weighted by Crippen LogP contribution is -2.38. The van der Waals surface area contributed by atoms with Gasteiger partial charge in [-0.15, -0.1) is 0 Å². The molecule has 0 bridgehead atoms. The number of amides is 3. The van der Waals surface area contributed by atoms with Gasteiger partial charge in [-0.2, -0.15) is 11.3 Å². The lowest BCUT2D eigenvalue weighted by atomic mass is 10.1. The first-order valence-corrected chi connectivity index (χ1v) is 12.2. The van der Waals surface area contributed by atoms with Gasteiger partial charge >= 0.3 is 6.09 Å². The Balaban J connectivity index is 1.57. The first-order chi connectivity index (χ1) is 16.7. The van der Waals surface area contributed by atoms with Gasteiger partial charge in [-0.3, -0.25) is 14.6 Å². The number of para-hydroxylation sites is 1. The number of anilines is 1. The van der Waals surface area contributed by atoms with Crippen molar-refractivity contribution in [3.8, 4) is 0 Å². The second kappa shape index (κ2) is 12.1. The number of nitrogens with one attached hydrogen (secondary N) is 2. The minimum Gasteiger partial charge on any atom is -0.444 e. The van der Waals surface area contributed by atoms with Crippen LogP contribution in [-0.2, 0) is 11.3 Å². The van der Waals surface area contributed by atoms with Crippen molar-refractivity contribution in [2.24, 2.45) is 0 Å². The van der Waals surface area contributed by atoms with Crippen LogP contribution < -0.4 is 10.6 Å². The molecule has 0 unspecified atom stereocenters. The van der Waals surface area contributed by atoms with Crippen LogP contribution in [0.15, 0.2) is 65.6 Å². The summed E-state index contributed by atoms with van der Waals surface area (Å²) in [6.45, 7) is 6.55. The van der Waals surface area contributed by atoms with Gasteiger partial charge in [0, 0.05) is 30.9 Å². The summed E-state index contributed by atoms with van der Waals surface area (Å²) >= 11 is 1.43. The molecule has 2 aromatic heterocycles. The van der Waals surface area contributed by atoms with Crippen LogP contribution in [0.25, 0.3) is 0 Å². The molecule has 0 fully saturated rings. The van der Waals surface area contributed by atoms with Gasteiger partial charge in [0.1, 0.15) is 5.60 Å². The van der Waals surface area contributed by atoms with Crippen LogP contribution in [0, 0.1) is 0 Å². The van der Waals surface area contributed by atoms with E-state index in [0.717, 1.165) is 5.56 Å². The van der Waals surface area contributed by atoms with E-state index in [1.54, 1.807) is 53.0 Å². The summed E-state index contributed by atoms with van der Waals surface area (Å²) in [4.78, 5) is 43.6. The van der Waals surface area contributed by atoms with Crippen molar-refractivity contribution in [1.82, 2.24) is 15.2 Å². The van der Waals surface area contributed by atoms with E-state index in [1.165, 1.54) is 11.3 Å². The summed E-state index contributed by atoms with van der Waals surface area (Å²) in [5.41, 5.74) is 1.62. The number of aromatic nitrogens is 1. The van der Waals surface area contributed by atoms with Crippen LogP contribution in [-0.4, -0.2) is 46.5 Å². The molecule has 0 atom stereocenters. The van der Waals surface area contributed by atoms with E-state index in [-0.39, 0.29) is 11.8 Å². The van der Waals surface area contributed by atoms with Gasteiger partial charge in [0.15, 0.2) is 0 Å². The van der Waals surface area contributed by atoms with Crippen LogP contribution >= 0.6 is 11.3 Å². The molecular weight excluding hydrogens is 464 g/mol. The van der Waals surface area contributed by atoms with Gasteiger partial charge in [-0.25, -0.2) is 4.79 Å². The Morgan fingerprint density at radius 3 is 2.54 bits per heavy atom. The molecule has 9 heteroatoms. The summed E-state index contributed by atoms with van der Waals surface area (Å²) in [7, 11) is 0. The average molecular weight is 495 g/mol. The number of carbonyl (C=O) groups excluding carboxylic acids is 3. The van der Waals surface area contributed by atoms with Crippen molar-refractivity contribution in [1.29, 1.82) is 0 Å². The Bertz CT molecular complexity index is 1130. The summed E-state index contributed by atoms with van der Waals surface area (Å²) in [6.07, 6.45) is 3.49. The number of rotatable bonds is 9. The molecule has 0 aliphatic carbocycles. The Kier molecular flexibility index (Phi) is 8.97. The second-order valence-corrected chi connectivity index (χ2v) is 9.66. The maximum Gasteiger partial charge on any atom is 0.410 e. The normalized spacial score (nSPS) is 10.9. The minimum atomic E-state index is -0.615. The van der Waals surface area contributed by atoms with E-state index in [9.17, 15) is 14.4 Å². The minimum absolute atomic E-state index is 0.269. The Labute approximate surface area is 209 Å². The highest BCUT2D eigenvalue weighted by atomic mass is 32.1. The maximum atomic E-state index is 12.8. The third kappa shape index (κ3) is 8.22. The standard InChI is InChI=1S/C26H30N4O4S/c1-26(2,3)34-25(33)30(17-19-8-6-12-27-16-19)14-7-13-28-24(32)21-9-4-5-10-22(21)29-23(31)20-11-15-35-18-20/h4-6,8-12,15-16,18H,7,13-14,17H2,1-3H3,(H,28,32)(H,29,31). The molecule has 0 spiro atoms. The van der Waals surface area contributed by atoms with E-state index in [2.05, 4.69) is 15.6 Å². The second-order valence-electron chi connectivity index (χ2n) is 8.88. The van der Waals surface area contributed by atoms with Gasteiger partial charge in [0.2, 0.25) is 0 Å². The zero-order valence-electron chi connectivity index (χ0n) is 20.1. The zero-order valence-corrected chi connectivity index (χ0v) is 20.9. The van der Waals surface area contributed by atoms with Crippen molar-refractivity contribution in [3.63, 3.8) is 0 Å². The lowest BCUT2D eigenvalue weighted by Gasteiger charge is -2.27. The summed E-state index contributed by atoms with van der Waals surface area (Å²) in [5, 5.41) is 9.24. The molecule has 35 heavy (non-hydrogen) atoms. The highest BCUT2D eigenvalue weighted by Gasteiger charge is 2.22. The Hall–Kier alpha value is -3.72. The number of ether oxygens (including phenoxy) is 1. The molecule has 184 valence electrons. The molecule has 0 saturated heterocycles. The molecule has 0 aliphatic heterocycles. The Morgan fingerprint density at radius 1 is 1.06 bits per heavy atom. The first kappa shape index (κ1) is 25.9. The van der Waals surface area contributed by atoms with Gasteiger partial charge in [0.05, 0.1) is 23.4 Å². The molecule has 3 rings (SSSR count). The third-order valence-electron chi connectivity index (χ3n) is 4.84. The number of hydrogen-bond donors (Lipinski definition) is 2. The fourth-order valence-electron chi connectivity index (χ4n) is 3.22. The van der Waals surface area contributed by atoms with Gasteiger partial charge in [0.25, 0.3) is 11.8 Å². The van der Waals surface area contributed by atoms with E-state index in [4.69, 9.17) is 4.74 Å². The molecule has 2 N–H and O–H groups in total. The molecule has 0 saturated carbocycles. The maximum absolute atomic E-state index is 12.8. The van der Waals surface area contributed by atoms with Crippen LogP contribution in [0.3, 0.4) is 0 Å². The van der Waals surface area contributed by atoms with E-state index < -0.39 is 11.7 Å². The number of thiophene rings is 1. The van der Waals surface area contributed by atoms with Crippen LogP contribution in [0.1, 0.15) is 53.5 Å². The fourth-order valence-corrected chi connectivity index (χ4v) is 3.85. The molecule has 2 heterocycles. The Morgan fingerprint density at radius 2 is 1.86 bits per heavy atom. The summed E-state index contributed by atoms with van der Waals surface area (Å²) in [5.74, 6) is -0.572. The lowest BCUT2D eigenvalue weighted by molar-refractivity contribution is 0.0232. The first-order valence-electron chi connectivity index (χ1n) is 11.3. The van der Waals surface area contributed by atoms with Crippen molar-refractivity contribution in [2.45, 2.75) is 39.3 Å². The number of benzene rings is 1. The molecule has 3 aromatic rings. The quantitative estimate of drug-likeness (QED) is 0.410. The van der Waals surface area contributed by atoms with Crippen molar-refractivity contribution < 1.29 is 19.1 Å². The molecule has 3 amide bonds. The van der Waals surface area contributed by atoms with E-state index >= 15 is 0 Å². The highest BCUT2D eigenvalue weighted by Crippen LogP contribution is 2.17. The van der Waals surface area contributed by atoms with Crippen LogP contribution in [0.2, 0.25) is 0 Å². The largest absolute Gasteiger partial charge is 0.444 e. The predicted molar refractivity (Wildman–Crippen MR) is 137 cm³/mol. The van der Waals surface area contributed by atoms with Gasteiger partial charge in [-0.05, 0) is 62.4 Å². The SMILES string of the molecule is CC(C)(C)OC(=O)N(CCCNC(=O)c1ccccc1NC(=O)c1ccsc1)Cc1cccnc1. The average Bonchev–Trinajstić information content (AvgIpc) is 3.36. The monoisotopic (exact) mass is 494 g/mol. The van der Waals surface area contributed by atoms with Crippen LogP contribution in [0.4, 0.5) is 10.5 Å². The summed E-state index contributed by atoms with van der Waals surface area (Å²) < 4.78 is 5.54. The topological polar surface area (TPSA) is 101 Å². The molecular formula is C26H30N4O4S. The molecule has 0 radical (unpaired) electrons.